The maximum Gasteiger partial charge on any atom is 0.254 e. The first-order valence-electron chi connectivity index (χ1n) is 4.35. The average molecular weight is 290 g/mol. The number of aromatic nitrogens is 1. The fourth-order valence-electron chi connectivity index (χ4n) is 0.965. The van der Waals surface area contributed by atoms with Crippen LogP contribution in [-0.2, 0) is 0 Å². The molecule has 1 amide bonds. The SMILES string of the molecule is C=CCCNC(=O)c1cc(Br)cnc1Cl. The van der Waals surface area contributed by atoms with Gasteiger partial charge in [0.15, 0.2) is 0 Å². The lowest BCUT2D eigenvalue weighted by molar-refractivity contribution is 0.0954. The van der Waals surface area contributed by atoms with Crippen molar-refractivity contribution in [3.8, 4) is 0 Å². The Morgan fingerprint density at radius 2 is 2.47 bits per heavy atom. The molecule has 0 saturated heterocycles. The second-order valence-corrected chi connectivity index (χ2v) is 4.10. The van der Waals surface area contributed by atoms with Crippen LogP contribution in [0.15, 0.2) is 29.4 Å². The molecule has 3 nitrogen and oxygen atoms in total. The maximum absolute atomic E-state index is 11.6. The van der Waals surface area contributed by atoms with Crippen molar-refractivity contribution in [3.05, 3.63) is 40.1 Å². The van der Waals surface area contributed by atoms with Gasteiger partial charge in [0.25, 0.3) is 5.91 Å². The minimum Gasteiger partial charge on any atom is -0.352 e. The zero-order valence-corrected chi connectivity index (χ0v) is 10.3. The van der Waals surface area contributed by atoms with Gasteiger partial charge in [-0.05, 0) is 28.4 Å². The predicted molar refractivity (Wildman–Crippen MR) is 64.1 cm³/mol. The number of hydrogen-bond donors (Lipinski definition) is 1. The van der Waals surface area contributed by atoms with Crippen molar-refractivity contribution >= 4 is 33.4 Å². The summed E-state index contributed by atoms with van der Waals surface area (Å²) in [5, 5.41) is 2.92. The van der Waals surface area contributed by atoms with Crippen LogP contribution >= 0.6 is 27.5 Å². The van der Waals surface area contributed by atoms with Gasteiger partial charge in [-0.1, -0.05) is 17.7 Å². The van der Waals surface area contributed by atoms with Gasteiger partial charge >= 0.3 is 0 Å². The highest BCUT2D eigenvalue weighted by molar-refractivity contribution is 9.10. The van der Waals surface area contributed by atoms with Crippen LogP contribution in [0.25, 0.3) is 0 Å². The van der Waals surface area contributed by atoms with E-state index in [1.54, 1.807) is 18.3 Å². The third-order valence-electron chi connectivity index (χ3n) is 1.68. The predicted octanol–water partition coefficient (Wildman–Crippen LogP) is 2.80. The van der Waals surface area contributed by atoms with Crippen LogP contribution < -0.4 is 5.32 Å². The molecule has 1 N–H and O–H groups in total. The van der Waals surface area contributed by atoms with Crippen LogP contribution in [0.1, 0.15) is 16.8 Å². The van der Waals surface area contributed by atoms with Crippen LogP contribution in [0.3, 0.4) is 0 Å². The van der Waals surface area contributed by atoms with E-state index in [1.807, 2.05) is 0 Å². The molecule has 5 heteroatoms. The fraction of sp³-hybridized carbons (Fsp3) is 0.200. The lowest BCUT2D eigenvalue weighted by Crippen LogP contribution is -2.24. The normalized spacial score (nSPS) is 9.73. The topological polar surface area (TPSA) is 42.0 Å². The van der Waals surface area contributed by atoms with E-state index in [0.29, 0.717) is 12.1 Å². The number of carbonyl (C=O) groups excluding carboxylic acids is 1. The summed E-state index contributed by atoms with van der Waals surface area (Å²) in [7, 11) is 0. The van der Waals surface area contributed by atoms with Crippen molar-refractivity contribution in [1.82, 2.24) is 10.3 Å². The Labute approximate surface area is 102 Å². The van der Waals surface area contributed by atoms with Crippen LogP contribution in [0.4, 0.5) is 0 Å². The standard InChI is InChI=1S/C10H10BrClN2O/c1-2-3-4-13-10(15)8-5-7(11)6-14-9(8)12/h2,5-6H,1,3-4H2,(H,13,15). The van der Waals surface area contributed by atoms with E-state index in [-0.39, 0.29) is 11.1 Å². The molecular weight excluding hydrogens is 279 g/mol. The van der Waals surface area contributed by atoms with Crippen LogP contribution in [0, 0.1) is 0 Å². The first-order chi connectivity index (χ1) is 7.15. The lowest BCUT2D eigenvalue weighted by atomic mass is 10.2. The third kappa shape index (κ3) is 3.64. The molecule has 0 radical (unpaired) electrons. The van der Waals surface area contributed by atoms with Gasteiger partial charge in [0, 0.05) is 17.2 Å². The van der Waals surface area contributed by atoms with E-state index < -0.39 is 0 Å². The molecule has 0 aliphatic rings. The zero-order valence-electron chi connectivity index (χ0n) is 7.96. The Morgan fingerprint density at radius 1 is 1.73 bits per heavy atom. The molecule has 1 aromatic heterocycles. The monoisotopic (exact) mass is 288 g/mol. The second kappa shape index (κ2) is 5.88. The highest BCUT2D eigenvalue weighted by Crippen LogP contribution is 2.17. The molecule has 15 heavy (non-hydrogen) atoms. The Morgan fingerprint density at radius 3 is 3.13 bits per heavy atom. The molecule has 80 valence electrons. The van der Waals surface area contributed by atoms with Crippen molar-refractivity contribution < 1.29 is 4.79 Å². The largest absolute Gasteiger partial charge is 0.352 e. The minimum absolute atomic E-state index is 0.203. The maximum atomic E-state index is 11.6. The summed E-state index contributed by atoms with van der Waals surface area (Å²) in [5.74, 6) is -0.226. The average Bonchev–Trinajstić information content (AvgIpc) is 2.22. The highest BCUT2D eigenvalue weighted by atomic mass is 79.9. The molecule has 0 saturated carbocycles. The third-order valence-corrected chi connectivity index (χ3v) is 2.42. The summed E-state index contributed by atoms with van der Waals surface area (Å²) >= 11 is 9.02. The summed E-state index contributed by atoms with van der Waals surface area (Å²) in [6.45, 7) is 4.11. The molecule has 0 spiro atoms. The summed E-state index contributed by atoms with van der Waals surface area (Å²) in [6.07, 6.45) is 4.01. The van der Waals surface area contributed by atoms with E-state index in [4.69, 9.17) is 11.6 Å². The van der Waals surface area contributed by atoms with Gasteiger partial charge in [-0.2, -0.15) is 0 Å². The number of nitrogens with one attached hydrogen (secondary N) is 1. The van der Waals surface area contributed by atoms with E-state index in [9.17, 15) is 4.79 Å². The van der Waals surface area contributed by atoms with Crippen LogP contribution in [0.5, 0.6) is 0 Å². The Bertz CT molecular complexity index is 382. The van der Waals surface area contributed by atoms with Crippen molar-refractivity contribution in [2.75, 3.05) is 6.54 Å². The van der Waals surface area contributed by atoms with Gasteiger partial charge in [-0.25, -0.2) is 4.98 Å². The number of halogens is 2. The Kier molecular flexibility index (Phi) is 4.78. The number of nitrogens with zero attached hydrogens (tertiary/aromatic N) is 1. The summed E-state index contributed by atoms with van der Waals surface area (Å²) < 4.78 is 0.723. The molecule has 0 bridgehead atoms. The van der Waals surface area contributed by atoms with Crippen LogP contribution in [-0.4, -0.2) is 17.4 Å². The first-order valence-corrected chi connectivity index (χ1v) is 5.52. The molecule has 1 rings (SSSR count). The lowest BCUT2D eigenvalue weighted by Gasteiger charge is -2.05. The van der Waals surface area contributed by atoms with Gasteiger partial charge < -0.3 is 5.32 Å². The quantitative estimate of drug-likeness (QED) is 0.526. The highest BCUT2D eigenvalue weighted by Gasteiger charge is 2.10. The molecule has 0 aromatic carbocycles. The van der Waals surface area contributed by atoms with E-state index in [2.05, 4.69) is 32.8 Å². The molecule has 0 fully saturated rings. The van der Waals surface area contributed by atoms with Crippen molar-refractivity contribution in [2.45, 2.75) is 6.42 Å². The van der Waals surface area contributed by atoms with Gasteiger partial charge in [-0.3, -0.25) is 4.79 Å². The number of rotatable bonds is 4. The fourth-order valence-corrected chi connectivity index (χ4v) is 1.49. The van der Waals surface area contributed by atoms with Gasteiger partial charge in [0.1, 0.15) is 5.15 Å². The van der Waals surface area contributed by atoms with Gasteiger partial charge in [-0.15, -0.1) is 6.58 Å². The van der Waals surface area contributed by atoms with Crippen LogP contribution in [0.2, 0.25) is 5.15 Å². The summed E-state index contributed by atoms with van der Waals surface area (Å²) in [4.78, 5) is 15.5. The summed E-state index contributed by atoms with van der Waals surface area (Å²) in [6, 6.07) is 1.64. The number of pyridine rings is 1. The number of amides is 1. The molecule has 0 unspecified atom stereocenters. The first kappa shape index (κ1) is 12.2. The molecule has 1 heterocycles. The van der Waals surface area contributed by atoms with E-state index in [0.717, 1.165) is 10.9 Å². The molecule has 0 aliphatic carbocycles. The minimum atomic E-state index is -0.226. The van der Waals surface area contributed by atoms with Gasteiger partial charge in [0.05, 0.1) is 5.56 Å². The van der Waals surface area contributed by atoms with Crippen molar-refractivity contribution in [2.24, 2.45) is 0 Å². The Balaban J connectivity index is 2.72. The van der Waals surface area contributed by atoms with Gasteiger partial charge in [0.2, 0.25) is 0 Å². The summed E-state index contributed by atoms with van der Waals surface area (Å²) in [5.41, 5.74) is 0.370. The number of hydrogen-bond acceptors (Lipinski definition) is 2. The smallest absolute Gasteiger partial charge is 0.254 e. The molecular formula is C10H10BrClN2O. The molecule has 0 atom stereocenters. The van der Waals surface area contributed by atoms with Crippen molar-refractivity contribution in [1.29, 1.82) is 0 Å². The zero-order chi connectivity index (χ0) is 11.3. The Hall–Kier alpha value is -0.870. The van der Waals surface area contributed by atoms with Crippen molar-refractivity contribution in [3.63, 3.8) is 0 Å². The van der Waals surface area contributed by atoms with E-state index in [1.165, 1.54) is 0 Å². The van der Waals surface area contributed by atoms with E-state index >= 15 is 0 Å². The molecule has 1 aromatic rings. The molecule has 0 aliphatic heterocycles. The second-order valence-electron chi connectivity index (χ2n) is 2.83. The number of carbonyl (C=O) groups is 1.